The standard InChI is InChI=1S/C21H18N4O2S/c1-12-10-24(11-13(2)27-12)18-8-7-14-19(26)15(9-22)21-25(20(14)23-18)16-5-3-4-6-17(16)28-21/h3-8,12-13H,10-11H2,1-2H3. The Kier molecular flexibility index (Phi) is 3.86. The molecule has 0 bridgehead atoms. The summed E-state index contributed by atoms with van der Waals surface area (Å²) in [4.78, 5) is 20.7. The number of hydrogen-bond donors (Lipinski definition) is 0. The minimum atomic E-state index is -0.258. The summed E-state index contributed by atoms with van der Waals surface area (Å²) < 4.78 is 8.80. The fourth-order valence-corrected chi connectivity index (χ4v) is 5.15. The molecule has 0 spiro atoms. The number of benzene rings is 1. The van der Waals surface area contributed by atoms with Gasteiger partial charge in [-0.3, -0.25) is 9.20 Å². The second kappa shape index (κ2) is 6.30. The molecule has 0 saturated carbocycles. The Morgan fingerprint density at radius 2 is 1.93 bits per heavy atom. The summed E-state index contributed by atoms with van der Waals surface area (Å²) in [5.74, 6) is 0.822. The van der Waals surface area contributed by atoms with Crippen LogP contribution in [0.4, 0.5) is 5.82 Å². The molecule has 7 heteroatoms. The van der Waals surface area contributed by atoms with Crippen molar-refractivity contribution in [3.63, 3.8) is 0 Å². The van der Waals surface area contributed by atoms with Crippen LogP contribution in [0, 0.1) is 11.3 Å². The zero-order chi connectivity index (χ0) is 19.4. The molecule has 2 unspecified atom stereocenters. The van der Waals surface area contributed by atoms with Crippen molar-refractivity contribution in [3.05, 3.63) is 52.2 Å². The molecule has 0 amide bonds. The number of morpholine rings is 1. The van der Waals surface area contributed by atoms with Gasteiger partial charge < -0.3 is 9.64 Å². The summed E-state index contributed by atoms with van der Waals surface area (Å²) in [6, 6.07) is 13.7. The van der Waals surface area contributed by atoms with E-state index in [0.717, 1.165) is 29.1 Å². The highest BCUT2D eigenvalue weighted by Gasteiger charge is 2.24. The first kappa shape index (κ1) is 17.2. The van der Waals surface area contributed by atoms with E-state index >= 15 is 0 Å². The fraction of sp³-hybridized carbons (Fsp3) is 0.286. The number of fused-ring (bicyclic) bond motifs is 5. The molecular weight excluding hydrogens is 372 g/mol. The number of aromatic nitrogens is 2. The van der Waals surface area contributed by atoms with E-state index < -0.39 is 0 Å². The average molecular weight is 390 g/mol. The van der Waals surface area contributed by atoms with E-state index in [-0.39, 0.29) is 23.2 Å². The van der Waals surface area contributed by atoms with Crippen LogP contribution in [-0.4, -0.2) is 34.7 Å². The first-order chi connectivity index (χ1) is 13.6. The Hall–Kier alpha value is -2.95. The summed E-state index contributed by atoms with van der Waals surface area (Å²) in [6.45, 7) is 5.61. The van der Waals surface area contributed by atoms with Gasteiger partial charge in [-0.05, 0) is 38.1 Å². The van der Waals surface area contributed by atoms with E-state index in [1.165, 1.54) is 11.3 Å². The molecule has 3 aromatic heterocycles. The van der Waals surface area contributed by atoms with Gasteiger partial charge in [0.2, 0.25) is 5.43 Å². The minimum Gasteiger partial charge on any atom is -0.372 e. The highest BCUT2D eigenvalue weighted by atomic mass is 32.1. The molecule has 140 valence electrons. The fourth-order valence-electron chi connectivity index (χ4n) is 4.02. The largest absolute Gasteiger partial charge is 0.372 e. The van der Waals surface area contributed by atoms with Crippen molar-refractivity contribution >= 4 is 43.2 Å². The van der Waals surface area contributed by atoms with E-state index in [9.17, 15) is 10.1 Å². The van der Waals surface area contributed by atoms with Gasteiger partial charge in [-0.2, -0.15) is 5.26 Å². The van der Waals surface area contributed by atoms with Crippen LogP contribution in [0.2, 0.25) is 0 Å². The Bertz CT molecular complexity index is 1320. The number of anilines is 1. The van der Waals surface area contributed by atoms with Crippen molar-refractivity contribution in [1.82, 2.24) is 9.38 Å². The van der Waals surface area contributed by atoms with Crippen LogP contribution in [0.25, 0.3) is 26.1 Å². The molecule has 0 N–H and O–H groups in total. The third kappa shape index (κ3) is 2.49. The maximum absolute atomic E-state index is 12.9. The molecule has 4 aromatic rings. The predicted octanol–water partition coefficient (Wildman–Crippen LogP) is 3.55. The van der Waals surface area contributed by atoms with Crippen LogP contribution in [0.15, 0.2) is 41.2 Å². The Morgan fingerprint density at radius 1 is 1.18 bits per heavy atom. The van der Waals surface area contributed by atoms with Crippen molar-refractivity contribution in [2.45, 2.75) is 26.1 Å². The average Bonchev–Trinajstić information content (AvgIpc) is 3.06. The first-order valence-corrected chi connectivity index (χ1v) is 10.1. The quantitative estimate of drug-likeness (QED) is 0.497. The van der Waals surface area contributed by atoms with Gasteiger partial charge in [0.15, 0.2) is 5.65 Å². The zero-order valence-electron chi connectivity index (χ0n) is 15.5. The smallest absolute Gasteiger partial charge is 0.210 e. The molecule has 0 aliphatic carbocycles. The van der Waals surface area contributed by atoms with E-state index in [2.05, 4.69) is 24.8 Å². The highest BCUT2D eigenvalue weighted by Crippen LogP contribution is 2.31. The molecule has 5 rings (SSSR count). The second-order valence-corrected chi connectivity index (χ2v) is 8.26. The minimum absolute atomic E-state index is 0.118. The number of thiazole rings is 1. The maximum atomic E-state index is 12.9. The van der Waals surface area contributed by atoms with Crippen molar-refractivity contribution in [1.29, 1.82) is 5.26 Å². The molecule has 0 radical (unpaired) electrons. The monoisotopic (exact) mass is 390 g/mol. The zero-order valence-corrected chi connectivity index (χ0v) is 16.4. The van der Waals surface area contributed by atoms with E-state index in [1.807, 2.05) is 34.7 Å². The van der Waals surface area contributed by atoms with Gasteiger partial charge in [0.25, 0.3) is 0 Å². The topological polar surface area (TPSA) is 70.6 Å². The number of rotatable bonds is 1. The number of para-hydroxylation sites is 1. The van der Waals surface area contributed by atoms with E-state index in [4.69, 9.17) is 9.72 Å². The van der Waals surface area contributed by atoms with Gasteiger partial charge in [-0.1, -0.05) is 12.1 Å². The number of nitrogens with zero attached hydrogens (tertiary/aromatic N) is 4. The van der Waals surface area contributed by atoms with Crippen LogP contribution in [-0.2, 0) is 4.74 Å². The Labute approximate surface area is 165 Å². The van der Waals surface area contributed by atoms with Gasteiger partial charge in [0.05, 0.1) is 27.8 Å². The summed E-state index contributed by atoms with van der Waals surface area (Å²) in [5, 5.41) is 10.1. The normalized spacial score (nSPS) is 20.1. The molecule has 2 atom stereocenters. The van der Waals surface area contributed by atoms with Crippen LogP contribution in [0.1, 0.15) is 19.4 Å². The number of pyridine rings is 2. The third-order valence-corrected chi connectivity index (χ3v) is 6.27. The van der Waals surface area contributed by atoms with Crippen molar-refractivity contribution in [3.8, 4) is 6.07 Å². The maximum Gasteiger partial charge on any atom is 0.210 e. The summed E-state index contributed by atoms with van der Waals surface area (Å²) in [6.07, 6.45) is 0.235. The molecule has 4 heterocycles. The number of nitriles is 1. The Balaban J connectivity index is 1.84. The van der Waals surface area contributed by atoms with E-state index in [1.54, 1.807) is 6.07 Å². The molecule has 1 aliphatic heterocycles. The molecule has 28 heavy (non-hydrogen) atoms. The van der Waals surface area contributed by atoms with Gasteiger partial charge >= 0.3 is 0 Å². The lowest BCUT2D eigenvalue weighted by Crippen LogP contribution is -2.45. The van der Waals surface area contributed by atoms with Crippen LogP contribution < -0.4 is 10.3 Å². The third-order valence-electron chi connectivity index (χ3n) is 5.13. The summed E-state index contributed by atoms with van der Waals surface area (Å²) >= 11 is 1.45. The lowest BCUT2D eigenvalue weighted by molar-refractivity contribution is -0.00544. The summed E-state index contributed by atoms with van der Waals surface area (Å²) in [7, 11) is 0. The van der Waals surface area contributed by atoms with Gasteiger partial charge in [0, 0.05) is 13.1 Å². The molecule has 1 aromatic carbocycles. The van der Waals surface area contributed by atoms with Gasteiger partial charge in [-0.25, -0.2) is 4.98 Å². The van der Waals surface area contributed by atoms with Crippen LogP contribution in [0.3, 0.4) is 0 Å². The van der Waals surface area contributed by atoms with Crippen molar-refractivity contribution in [2.75, 3.05) is 18.0 Å². The van der Waals surface area contributed by atoms with Gasteiger partial charge in [0.1, 0.15) is 22.3 Å². The van der Waals surface area contributed by atoms with E-state index in [0.29, 0.717) is 15.9 Å². The second-order valence-electron chi connectivity index (χ2n) is 7.23. The summed E-state index contributed by atoms with van der Waals surface area (Å²) in [5.41, 5.74) is 1.47. The van der Waals surface area contributed by atoms with Crippen molar-refractivity contribution in [2.24, 2.45) is 0 Å². The molecular formula is C21H18N4O2S. The lowest BCUT2D eigenvalue weighted by atomic mass is 10.2. The first-order valence-electron chi connectivity index (χ1n) is 9.24. The Morgan fingerprint density at radius 3 is 2.68 bits per heavy atom. The van der Waals surface area contributed by atoms with Crippen LogP contribution in [0.5, 0.6) is 0 Å². The highest BCUT2D eigenvalue weighted by molar-refractivity contribution is 7.24. The lowest BCUT2D eigenvalue weighted by Gasteiger charge is -2.36. The molecule has 1 saturated heterocycles. The number of hydrogen-bond acceptors (Lipinski definition) is 6. The SMILES string of the molecule is CC1CN(c2ccc3c(=O)c(C#N)c4sc5ccccc5n4c3n2)CC(C)O1. The molecule has 1 fully saturated rings. The van der Waals surface area contributed by atoms with Gasteiger partial charge in [-0.15, -0.1) is 11.3 Å². The predicted molar refractivity (Wildman–Crippen MR) is 111 cm³/mol. The van der Waals surface area contributed by atoms with Crippen LogP contribution >= 0.6 is 11.3 Å². The van der Waals surface area contributed by atoms with Crippen molar-refractivity contribution < 1.29 is 4.74 Å². The number of ether oxygens (including phenoxy) is 1. The molecule has 6 nitrogen and oxygen atoms in total. The molecule has 1 aliphatic rings.